The molecule has 1 aromatic heterocycles. The molecule has 3 rings (SSSR count). The maximum atomic E-state index is 12.9. The first kappa shape index (κ1) is 17.2. The molecule has 128 valence electrons. The van der Waals surface area contributed by atoms with Crippen LogP contribution in [-0.4, -0.2) is 27.7 Å². The maximum absolute atomic E-state index is 12.9. The van der Waals surface area contributed by atoms with Crippen molar-refractivity contribution in [1.29, 1.82) is 0 Å². The van der Waals surface area contributed by atoms with E-state index in [2.05, 4.69) is 20.5 Å². The Hall–Kier alpha value is -2.64. The van der Waals surface area contributed by atoms with E-state index in [9.17, 15) is 9.18 Å². The molecule has 3 aromatic rings. The van der Waals surface area contributed by atoms with Crippen LogP contribution < -0.4 is 10.1 Å². The third-order valence-corrected chi connectivity index (χ3v) is 3.65. The highest BCUT2D eigenvalue weighted by Gasteiger charge is 2.11. The van der Waals surface area contributed by atoms with E-state index < -0.39 is 5.91 Å². The van der Waals surface area contributed by atoms with Crippen LogP contribution in [0.4, 0.5) is 10.3 Å². The highest BCUT2D eigenvalue weighted by atomic mass is 35.5. The van der Waals surface area contributed by atoms with Crippen LogP contribution in [0.1, 0.15) is 0 Å². The van der Waals surface area contributed by atoms with Crippen LogP contribution in [0, 0.1) is 5.82 Å². The van der Waals surface area contributed by atoms with Crippen molar-refractivity contribution in [3.63, 3.8) is 0 Å². The van der Waals surface area contributed by atoms with E-state index in [1.54, 1.807) is 24.3 Å². The predicted octanol–water partition coefficient (Wildman–Crippen LogP) is 3.94. The predicted molar refractivity (Wildman–Crippen MR) is 92.4 cm³/mol. The van der Waals surface area contributed by atoms with Gasteiger partial charge in [-0.25, -0.2) is 4.39 Å². The van der Waals surface area contributed by atoms with Crippen molar-refractivity contribution in [3.05, 3.63) is 58.3 Å². The van der Waals surface area contributed by atoms with Gasteiger partial charge in [-0.15, -0.1) is 5.10 Å². The molecule has 0 saturated carbocycles. The number of nitrogens with one attached hydrogen (secondary N) is 2. The number of carbonyl (C=O) groups excluding carboxylic acids is 1. The second-order valence-electron chi connectivity index (χ2n) is 4.93. The first-order chi connectivity index (χ1) is 12.0. The van der Waals surface area contributed by atoms with Gasteiger partial charge in [-0.05, 0) is 36.4 Å². The number of nitrogens with zero attached hydrogens (tertiary/aromatic N) is 2. The number of aromatic amines is 1. The van der Waals surface area contributed by atoms with E-state index in [-0.39, 0.29) is 18.4 Å². The Kier molecular flexibility index (Phi) is 5.16. The third kappa shape index (κ3) is 4.46. The van der Waals surface area contributed by atoms with E-state index in [1.165, 1.54) is 18.2 Å². The van der Waals surface area contributed by atoms with Gasteiger partial charge in [0.2, 0.25) is 5.95 Å². The van der Waals surface area contributed by atoms with E-state index in [1.807, 2.05) is 0 Å². The summed E-state index contributed by atoms with van der Waals surface area (Å²) in [6.07, 6.45) is 0. The lowest BCUT2D eigenvalue weighted by Gasteiger charge is -2.07. The Morgan fingerprint density at radius 1 is 1.20 bits per heavy atom. The summed E-state index contributed by atoms with van der Waals surface area (Å²) in [6.45, 7) is -0.291. The molecule has 9 heteroatoms. The molecule has 1 amide bonds. The van der Waals surface area contributed by atoms with Crippen molar-refractivity contribution in [2.24, 2.45) is 0 Å². The zero-order valence-corrected chi connectivity index (χ0v) is 14.1. The van der Waals surface area contributed by atoms with Crippen LogP contribution in [0.15, 0.2) is 42.5 Å². The highest BCUT2D eigenvalue weighted by molar-refractivity contribution is 6.34. The molecule has 6 nitrogen and oxygen atoms in total. The third-order valence-electron chi connectivity index (χ3n) is 3.11. The fraction of sp³-hybridized carbons (Fsp3) is 0.0625. The molecule has 25 heavy (non-hydrogen) atoms. The van der Waals surface area contributed by atoms with Crippen LogP contribution in [0.25, 0.3) is 11.4 Å². The number of hydrogen-bond acceptors (Lipinski definition) is 4. The molecule has 0 unspecified atom stereocenters. The lowest BCUT2D eigenvalue weighted by molar-refractivity contribution is -0.118. The molecular weight excluding hydrogens is 370 g/mol. The SMILES string of the molecule is O=C(COc1cc(Cl)ccc1Cl)Nc1n[nH]c(-c2ccc(F)cc2)n1. The Morgan fingerprint density at radius 3 is 2.72 bits per heavy atom. The second-order valence-corrected chi connectivity index (χ2v) is 5.77. The summed E-state index contributed by atoms with van der Waals surface area (Å²) >= 11 is 11.8. The molecule has 0 saturated heterocycles. The molecule has 0 atom stereocenters. The molecule has 0 aliphatic carbocycles. The minimum Gasteiger partial charge on any atom is -0.482 e. The van der Waals surface area contributed by atoms with E-state index >= 15 is 0 Å². The van der Waals surface area contributed by atoms with Crippen molar-refractivity contribution in [1.82, 2.24) is 15.2 Å². The summed E-state index contributed by atoms with van der Waals surface area (Å²) in [5.74, 6) is -0.0557. The fourth-order valence-electron chi connectivity index (χ4n) is 1.95. The van der Waals surface area contributed by atoms with Gasteiger partial charge < -0.3 is 4.74 Å². The van der Waals surface area contributed by atoms with Crippen molar-refractivity contribution in [2.75, 3.05) is 11.9 Å². The summed E-state index contributed by atoms with van der Waals surface area (Å²) < 4.78 is 18.2. The monoisotopic (exact) mass is 380 g/mol. The summed E-state index contributed by atoms with van der Waals surface area (Å²) in [6, 6.07) is 10.4. The van der Waals surface area contributed by atoms with Gasteiger partial charge in [0, 0.05) is 16.7 Å². The van der Waals surface area contributed by atoms with Crippen LogP contribution in [0.2, 0.25) is 10.0 Å². The Labute approximate surface area is 151 Å². The van der Waals surface area contributed by atoms with Gasteiger partial charge >= 0.3 is 0 Å². The minimum absolute atomic E-state index is 0.0742. The molecule has 0 radical (unpaired) electrons. The number of anilines is 1. The van der Waals surface area contributed by atoms with Gasteiger partial charge in [-0.3, -0.25) is 15.2 Å². The van der Waals surface area contributed by atoms with Crippen molar-refractivity contribution in [3.8, 4) is 17.1 Å². The first-order valence-corrected chi connectivity index (χ1v) is 7.83. The molecule has 0 fully saturated rings. The number of H-pyrrole nitrogens is 1. The average Bonchev–Trinajstić information content (AvgIpc) is 3.05. The molecule has 0 spiro atoms. The fourth-order valence-corrected chi connectivity index (χ4v) is 2.28. The lowest BCUT2D eigenvalue weighted by atomic mass is 10.2. The number of carbonyl (C=O) groups is 1. The second kappa shape index (κ2) is 7.50. The van der Waals surface area contributed by atoms with E-state index in [4.69, 9.17) is 27.9 Å². The molecule has 0 aliphatic heterocycles. The first-order valence-electron chi connectivity index (χ1n) is 7.07. The smallest absolute Gasteiger partial charge is 0.264 e. The average molecular weight is 381 g/mol. The van der Waals surface area contributed by atoms with E-state index in [0.29, 0.717) is 27.2 Å². The molecule has 0 bridgehead atoms. The largest absolute Gasteiger partial charge is 0.482 e. The number of rotatable bonds is 5. The quantitative estimate of drug-likeness (QED) is 0.702. The summed E-state index contributed by atoms with van der Waals surface area (Å²) in [5, 5.41) is 9.80. The molecule has 1 heterocycles. The topological polar surface area (TPSA) is 79.9 Å². The molecule has 2 aromatic carbocycles. The standard InChI is InChI=1S/C16H11Cl2FN4O2/c17-10-3-6-12(18)13(7-10)25-8-14(24)20-16-21-15(22-23-16)9-1-4-11(19)5-2-9/h1-7H,8H2,(H2,20,21,22,23,24). The summed E-state index contributed by atoms with van der Waals surface area (Å²) in [5.41, 5.74) is 0.636. The molecule has 2 N–H and O–H groups in total. The number of hydrogen-bond donors (Lipinski definition) is 2. The van der Waals surface area contributed by atoms with Crippen molar-refractivity contribution in [2.45, 2.75) is 0 Å². The van der Waals surface area contributed by atoms with Gasteiger partial charge in [0.25, 0.3) is 5.91 Å². The minimum atomic E-state index is -0.472. The van der Waals surface area contributed by atoms with Gasteiger partial charge in [-0.1, -0.05) is 23.2 Å². The van der Waals surface area contributed by atoms with Crippen LogP contribution >= 0.6 is 23.2 Å². The van der Waals surface area contributed by atoms with Gasteiger partial charge in [-0.2, -0.15) is 4.98 Å². The van der Waals surface area contributed by atoms with Crippen LogP contribution in [0.3, 0.4) is 0 Å². The summed E-state index contributed by atoms with van der Waals surface area (Å²) in [7, 11) is 0. The lowest BCUT2D eigenvalue weighted by Crippen LogP contribution is -2.21. The van der Waals surface area contributed by atoms with Gasteiger partial charge in [0.1, 0.15) is 11.6 Å². The normalized spacial score (nSPS) is 10.5. The molecule has 0 aliphatic rings. The number of aromatic nitrogens is 3. The van der Waals surface area contributed by atoms with E-state index in [0.717, 1.165) is 0 Å². The number of halogens is 3. The van der Waals surface area contributed by atoms with Crippen LogP contribution in [0.5, 0.6) is 5.75 Å². The van der Waals surface area contributed by atoms with Crippen molar-refractivity contribution >= 4 is 35.1 Å². The van der Waals surface area contributed by atoms with Crippen LogP contribution in [-0.2, 0) is 4.79 Å². The Bertz CT molecular complexity index is 899. The summed E-state index contributed by atoms with van der Waals surface area (Å²) in [4.78, 5) is 16.0. The number of benzene rings is 2. The highest BCUT2D eigenvalue weighted by Crippen LogP contribution is 2.27. The maximum Gasteiger partial charge on any atom is 0.264 e. The molecular formula is C16H11Cl2FN4O2. The van der Waals surface area contributed by atoms with Gasteiger partial charge in [0.15, 0.2) is 12.4 Å². The van der Waals surface area contributed by atoms with Crippen molar-refractivity contribution < 1.29 is 13.9 Å². The Morgan fingerprint density at radius 2 is 1.96 bits per heavy atom. The van der Waals surface area contributed by atoms with Gasteiger partial charge in [0.05, 0.1) is 5.02 Å². The zero-order valence-electron chi connectivity index (χ0n) is 12.6. The number of ether oxygens (including phenoxy) is 1. The number of amides is 1. The Balaban J connectivity index is 1.60. The zero-order chi connectivity index (χ0) is 17.8.